The number of nitrogen functional groups attached to an aromatic ring is 1. The molecule has 0 spiro atoms. The number of amides is 3. The number of carbonyl (C=O) groups excluding carboxylic acids is 6. The predicted molar refractivity (Wildman–Crippen MR) is 256 cm³/mol. The number of primary amides is 1. The van der Waals surface area contributed by atoms with Gasteiger partial charge in [-0.25, -0.2) is 19.6 Å². The SMILES string of the molecule is CO[C@]12C3NC3CN1C1=C(C(=O)C(CCCSSC[C@H](NC(=O)[C@H](N)CNC(=O)CC[C@@H](CC(=O)c3ccc(CCc4cnc5nc(N)[nH]c(=O)c5n4)cc3)C(=O)O)C(=O)O)=C(C)C1=O)[C@H]2COC(N)=O. The minimum atomic E-state index is -1.35. The summed E-state index contributed by atoms with van der Waals surface area (Å²) in [5.74, 6) is -6.78. The van der Waals surface area contributed by atoms with Gasteiger partial charge >= 0.3 is 18.0 Å². The van der Waals surface area contributed by atoms with Gasteiger partial charge in [0.1, 0.15) is 18.7 Å². The van der Waals surface area contributed by atoms with E-state index in [1.807, 2.05) is 4.90 Å². The molecule has 3 amide bonds. The van der Waals surface area contributed by atoms with Gasteiger partial charge in [0.05, 0.1) is 35.5 Å². The molecule has 5 heterocycles. The normalized spacial score (nSPS) is 21.3. The van der Waals surface area contributed by atoms with Gasteiger partial charge in [-0.15, -0.1) is 0 Å². The van der Waals surface area contributed by atoms with E-state index in [2.05, 4.69) is 35.9 Å². The summed E-state index contributed by atoms with van der Waals surface area (Å²) < 4.78 is 11.2. The number of Topliss-reactive ketones (excluding diaryl/α,β-unsaturated/α-hetero) is 3. The Hall–Kier alpha value is -6.74. The van der Waals surface area contributed by atoms with Crippen molar-refractivity contribution in [3.05, 3.63) is 80.1 Å². The highest BCUT2D eigenvalue weighted by Gasteiger charge is 2.72. The van der Waals surface area contributed by atoms with Crippen LogP contribution in [0.4, 0.5) is 10.7 Å². The first-order valence-corrected chi connectivity index (χ1v) is 25.0. The highest BCUT2D eigenvalue weighted by atomic mass is 33.1. The molecule has 0 bridgehead atoms. The van der Waals surface area contributed by atoms with E-state index in [1.54, 1.807) is 31.2 Å². The molecule has 3 aromatic rings. The van der Waals surface area contributed by atoms with Gasteiger partial charge in [-0.2, -0.15) is 4.98 Å². The van der Waals surface area contributed by atoms with Crippen LogP contribution in [0.1, 0.15) is 60.6 Å². The van der Waals surface area contributed by atoms with E-state index in [1.165, 1.54) is 24.1 Å². The van der Waals surface area contributed by atoms with Crippen molar-refractivity contribution >= 4 is 85.9 Å². The molecule has 2 unspecified atom stereocenters. The van der Waals surface area contributed by atoms with Crippen molar-refractivity contribution in [2.75, 3.05) is 44.0 Å². The van der Waals surface area contributed by atoms with Crippen LogP contribution < -0.4 is 38.7 Å². The number of allylic oxidation sites excluding steroid dienone is 2. The number of hydrogen-bond acceptors (Lipinski definition) is 20. The number of anilines is 1. The Morgan fingerprint density at radius 2 is 1.76 bits per heavy atom. The maximum Gasteiger partial charge on any atom is 0.404 e. The maximum absolute atomic E-state index is 14.1. The smallest absolute Gasteiger partial charge is 0.404 e. The molecule has 1 aliphatic carbocycles. The summed E-state index contributed by atoms with van der Waals surface area (Å²) in [4.78, 5) is 131. The van der Waals surface area contributed by atoms with Gasteiger partial charge in [-0.1, -0.05) is 45.9 Å². The molecule has 378 valence electrons. The molecule has 7 rings (SSSR count). The molecular weight excluding hydrogens is 967 g/mol. The van der Waals surface area contributed by atoms with Gasteiger partial charge in [0.15, 0.2) is 28.5 Å². The number of aromatic amines is 1. The number of carboxylic acids is 2. The fraction of sp³-hybridized carbons (Fsp3) is 0.467. The number of benzene rings is 1. The van der Waals surface area contributed by atoms with Crippen LogP contribution in [0, 0.1) is 11.8 Å². The summed E-state index contributed by atoms with van der Waals surface area (Å²) in [6.45, 7) is 1.42. The number of rotatable bonds is 25. The topological polar surface area (TPSA) is 394 Å². The second kappa shape index (κ2) is 22.1. The van der Waals surface area contributed by atoms with E-state index < -0.39 is 70.8 Å². The van der Waals surface area contributed by atoms with E-state index in [9.17, 15) is 53.4 Å². The minimum Gasteiger partial charge on any atom is -0.481 e. The number of ketones is 3. The van der Waals surface area contributed by atoms with E-state index in [-0.39, 0.29) is 102 Å². The number of carboxylic acid groups (broad SMARTS) is 2. The van der Waals surface area contributed by atoms with Gasteiger partial charge < -0.3 is 57.7 Å². The third-order valence-corrected chi connectivity index (χ3v) is 15.4. The zero-order valence-corrected chi connectivity index (χ0v) is 40.2. The van der Waals surface area contributed by atoms with Crippen LogP contribution in [-0.2, 0) is 51.1 Å². The number of nitrogens with one attached hydrogen (secondary N) is 4. The number of carbonyl (C=O) groups is 8. The predicted octanol–water partition coefficient (Wildman–Crippen LogP) is -0.245. The van der Waals surface area contributed by atoms with Gasteiger partial charge in [0, 0.05) is 72.9 Å². The van der Waals surface area contributed by atoms with E-state index in [0.29, 0.717) is 48.4 Å². The Morgan fingerprint density at radius 1 is 1.01 bits per heavy atom. The first-order chi connectivity index (χ1) is 33.8. The summed E-state index contributed by atoms with van der Waals surface area (Å²) in [6, 6.07) is 3.77. The molecule has 1 aromatic carbocycles. The Kier molecular flexibility index (Phi) is 16.2. The number of H-pyrrole nitrogens is 1. The van der Waals surface area contributed by atoms with Crippen molar-refractivity contribution in [3.63, 3.8) is 0 Å². The van der Waals surface area contributed by atoms with E-state index in [4.69, 9.17) is 26.7 Å². The van der Waals surface area contributed by atoms with Crippen LogP contribution in [0.3, 0.4) is 0 Å². The molecule has 2 fully saturated rings. The fourth-order valence-corrected chi connectivity index (χ4v) is 11.4. The number of ether oxygens (including phenoxy) is 2. The molecule has 26 heteroatoms. The average molecular weight is 1020 g/mol. The molecule has 71 heavy (non-hydrogen) atoms. The van der Waals surface area contributed by atoms with Gasteiger partial charge in [-0.05, 0) is 44.6 Å². The lowest BCUT2D eigenvalue weighted by Gasteiger charge is -2.39. The summed E-state index contributed by atoms with van der Waals surface area (Å²) in [5, 5.41) is 27.8. The highest BCUT2D eigenvalue weighted by molar-refractivity contribution is 8.76. The van der Waals surface area contributed by atoms with Crippen molar-refractivity contribution in [2.24, 2.45) is 23.3 Å². The van der Waals surface area contributed by atoms with Crippen LogP contribution in [0.15, 0.2) is 57.7 Å². The molecule has 12 N–H and O–H groups in total. The average Bonchev–Trinajstić information content (AvgIpc) is 3.95. The summed E-state index contributed by atoms with van der Waals surface area (Å²) in [7, 11) is 3.96. The number of aliphatic carboxylic acids is 2. The van der Waals surface area contributed by atoms with Crippen molar-refractivity contribution in [2.45, 2.75) is 81.8 Å². The second-order valence-corrected chi connectivity index (χ2v) is 20.1. The fourth-order valence-electron chi connectivity index (χ4n) is 9.17. The van der Waals surface area contributed by atoms with Crippen molar-refractivity contribution < 1.29 is 58.0 Å². The van der Waals surface area contributed by atoms with Crippen LogP contribution in [-0.4, -0.2) is 150 Å². The largest absolute Gasteiger partial charge is 0.481 e. The molecule has 24 nitrogen and oxygen atoms in total. The second-order valence-electron chi connectivity index (χ2n) is 17.4. The zero-order valence-electron chi connectivity index (χ0n) is 38.6. The molecule has 4 aliphatic rings. The first kappa shape index (κ1) is 52.1. The van der Waals surface area contributed by atoms with Crippen molar-refractivity contribution in [1.82, 2.24) is 40.8 Å². The summed E-state index contributed by atoms with van der Waals surface area (Å²) in [5.41, 5.74) is 18.2. The van der Waals surface area contributed by atoms with Crippen LogP contribution in [0.5, 0.6) is 0 Å². The lowest BCUT2D eigenvalue weighted by molar-refractivity contribution is -0.142. The number of aromatic nitrogens is 4. The maximum atomic E-state index is 14.1. The number of aryl methyl sites for hydroxylation is 2. The van der Waals surface area contributed by atoms with Crippen molar-refractivity contribution in [1.29, 1.82) is 0 Å². The quantitative estimate of drug-likeness (QED) is 0.0174. The molecular formula is C45H53N11O13S2. The van der Waals surface area contributed by atoms with Gasteiger partial charge in [0.2, 0.25) is 23.5 Å². The molecule has 0 saturated carbocycles. The van der Waals surface area contributed by atoms with Gasteiger partial charge in [-0.3, -0.25) is 38.5 Å². The Morgan fingerprint density at radius 3 is 2.45 bits per heavy atom. The molecule has 2 saturated heterocycles. The molecule has 2 aromatic heterocycles. The molecule has 3 aliphatic heterocycles. The van der Waals surface area contributed by atoms with Crippen LogP contribution in [0.2, 0.25) is 0 Å². The molecule has 0 radical (unpaired) electrons. The Bertz CT molecular complexity index is 2790. The first-order valence-electron chi connectivity index (χ1n) is 22.5. The standard InChI is InChI=1S/C45H53N11O13S2/c1-20-25(36(60)32-26(18-69-44(48)67)45(68-2)37-28(52-37)17-56(45)34(32)35(20)59)4-3-13-70-71-19-29(42(65)66)53-39(61)27(46)16-49-31(58)12-10-23(41(63)64)14-30(57)22-8-5-21(6-9-22)7-11-24-15-50-38-33(51-24)40(62)55-43(47)54-38/h5-6,8-9,15,23,26-29,37,52H,3-4,7,10-14,16-19,46H2,1-2H3,(H2,48,67)(H,49,58)(H,53,61)(H,63,64)(H,65,66)(H3,47,50,54,55,62)/t23-,26+,27+,28?,29-,37?,45+/m0/s1. The lowest BCUT2D eigenvalue weighted by atomic mass is 9.79. The number of fused-ring (bicyclic) bond motifs is 5. The molecule has 7 atom stereocenters. The van der Waals surface area contributed by atoms with Crippen molar-refractivity contribution in [3.8, 4) is 0 Å². The summed E-state index contributed by atoms with van der Waals surface area (Å²) in [6.07, 6.45) is 1.23. The number of piperazine rings is 1. The zero-order chi connectivity index (χ0) is 51.3. The Labute approximate surface area is 412 Å². The lowest BCUT2D eigenvalue weighted by Crippen LogP contribution is -2.55. The number of hydrogen-bond donors (Lipinski definition) is 9. The van der Waals surface area contributed by atoms with Crippen LogP contribution in [0.25, 0.3) is 11.2 Å². The van der Waals surface area contributed by atoms with Crippen LogP contribution >= 0.6 is 21.6 Å². The minimum absolute atomic E-state index is 0.0560. The monoisotopic (exact) mass is 1020 g/mol. The highest BCUT2D eigenvalue weighted by Crippen LogP contribution is 2.56. The number of nitrogens with two attached hydrogens (primary N) is 3. The van der Waals surface area contributed by atoms with E-state index >= 15 is 0 Å². The number of methoxy groups -OCH3 is 1. The number of nitrogens with zero attached hydrogens (tertiary/aromatic N) is 4. The Balaban J connectivity index is 0.803. The summed E-state index contributed by atoms with van der Waals surface area (Å²) >= 11 is 0. The van der Waals surface area contributed by atoms with Gasteiger partial charge in [0.25, 0.3) is 5.56 Å². The third kappa shape index (κ3) is 11.4. The third-order valence-electron chi connectivity index (χ3n) is 12.9. The van der Waals surface area contributed by atoms with E-state index in [0.717, 1.165) is 16.4 Å².